The van der Waals surface area contributed by atoms with Gasteiger partial charge >= 0.3 is 0 Å². The fourth-order valence-corrected chi connectivity index (χ4v) is 1.85. The summed E-state index contributed by atoms with van der Waals surface area (Å²) in [5.41, 5.74) is 1.94. The second kappa shape index (κ2) is 7.23. The third kappa shape index (κ3) is 3.47. The van der Waals surface area contributed by atoms with E-state index in [-0.39, 0.29) is 24.9 Å². The number of alkyl halides is 1. The molecule has 0 aliphatic rings. The van der Waals surface area contributed by atoms with Crippen LogP contribution < -0.4 is 5.32 Å². The molecule has 0 atom stereocenters. The number of anilines is 1. The molecule has 0 saturated heterocycles. The minimum Gasteiger partial charge on any atom is -0.378 e. The van der Waals surface area contributed by atoms with E-state index in [1.54, 1.807) is 19.3 Å². The van der Waals surface area contributed by atoms with Crippen molar-refractivity contribution in [3.8, 4) is 0 Å². The van der Waals surface area contributed by atoms with E-state index >= 15 is 0 Å². The summed E-state index contributed by atoms with van der Waals surface area (Å²) in [5.74, 6) is -0.316. The Balaban J connectivity index is 0.00000200. The fraction of sp³-hybridized carbons (Fsp3) is 0.500. The van der Waals surface area contributed by atoms with Crippen molar-refractivity contribution in [3.05, 3.63) is 29.6 Å². The molecule has 0 bridgehead atoms. The van der Waals surface area contributed by atoms with Crippen LogP contribution in [0.2, 0.25) is 0 Å². The molecule has 8 heteroatoms. The van der Waals surface area contributed by atoms with Gasteiger partial charge in [-0.15, -0.1) is 12.4 Å². The molecule has 2 aromatic rings. The predicted molar refractivity (Wildman–Crippen MR) is 75.4 cm³/mol. The zero-order valence-corrected chi connectivity index (χ0v) is 12.3. The van der Waals surface area contributed by atoms with E-state index in [0.717, 1.165) is 5.69 Å². The lowest BCUT2D eigenvalue weighted by Gasteiger charge is -2.02. The molecular weight excluding hydrogens is 288 g/mol. The van der Waals surface area contributed by atoms with Gasteiger partial charge in [0.05, 0.1) is 24.1 Å². The lowest BCUT2D eigenvalue weighted by atomic mass is 10.2. The molecule has 0 amide bonds. The zero-order valence-electron chi connectivity index (χ0n) is 11.4. The minimum atomic E-state index is -0.460. The number of aryl methyl sites for hydroxylation is 3. The second-order valence-corrected chi connectivity index (χ2v) is 4.21. The van der Waals surface area contributed by atoms with Crippen molar-refractivity contribution in [1.82, 2.24) is 19.6 Å². The number of aromatic nitrogens is 4. The number of hydrogen-bond donors (Lipinski definition) is 1. The predicted octanol–water partition coefficient (Wildman–Crippen LogP) is 2.55. The summed E-state index contributed by atoms with van der Waals surface area (Å²) in [6.45, 7) is 4.22. The Kier molecular flexibility index (Phi) is 5.94. The first-order valence-corrected chi connectivity index (χ1v) is 6.19. The maximum Gasteiger partial charge on any atom is 0.216 e. The Morgan fingerprint density at radius 2 is 2.15 bits per heavy atom. The van der Waals surface area contributed by atoms with Crippen molar-refractivity contribution in [2.24, 2.45) is 0 Å². The van der Waals surface area contributed by atoms with Gasteiger partial charge in [0.1, 0.15) is 6.67 Å². The average Bonchev–Trinajstić information content (AvgIpc) is 2.93. The number of hydrogen-bond acceptors (Lipinski definition) is 3. The minimum absolute atomic E-state index is 0. The molecule has 0 aliphatic carbocycles. The maximum absolute atomic E-state index is 13.9. The van der Waals surface area contributed by atoms with E-state index in [2.05, 4.69) is 15.5 Å². The van der Waals surface area contributed by atoms with Crippen LogP contribution >= 0.6 is 12.4 Å². The van der Waals surface area contributed by atoms with Gasteiger partial charge in [0.25, 0.3) is 0 Å². The molecule has 112 valence electrons. The molecular formula is C12H18ClF2N5. The third-order valence-electron chi connectivity index (χ3n) is 2.90. The lowest BCUT2D eigenvalue weighted by molar-refractivity contribution is 0.427. The van der Waals surface area contributed by atoms with Crippen molar-refractivity contribution in [1.29, 1.82) is 0 Å². The molecule has 0 unspecified atom stereocenters. The summed E-state index contributed by atoms with van der Waals surface area (Å²) in [4.78, 5) is 0. The van der Waals surface area contributed by atoms with Gasteiger partial charge < -0.3 is 5.32 Å². The maximum atomic E-state index is 13.9. The third-order valence-corrected chi connectivity index (χ3v) is 2.90. The summed E-state index contributed by atoms with van der Waals surface area (Å²) in [6, 6.07) is 0. The smallest absolute Gasteiger partial charge is 0.216 e. The molecule has 0 aliphatic heterocycles. The van der Waals surface area contributed by atoms with Gasteiger partial charge in [0.15, 0.2) is 0 Å². The highest BCUT2D eigenvalue weighted by Crippen LogP contribution is 2.15. The molecule has 0 radical (unpaired) electrons. The first-order chi connectivity index (χ1) is 9.15. The van der Waals surface area contributed by atoms with Crippen molar-refractivity contribution in [2.45, 2.75) is 33.5 Å². The molecule has 0 aromatic carbocycles. The van der Waals surface area contributed by atoms with Crippen LogP contribution in [0.4, 0.5) is 14.5 Å². The SMILES string of the molecule is CCn1nc(C)c(CNc2cnn(CCF)c2)c1F.Cl. The van der Waals surface area contributed by atoms with E-state index in [1.807, 2.05) is 6.92 Å². The Bertz CT molecular complexity index is 552. The van der Waals surface area contributed by atoms with Crippen molar-refractivity contribution in [2.75, 3.05) is 12.0 Å². The summed E-state index contributed by atoms with van der Waals surface area (Å²) in [7, 11) is 0. The molecule has 2 aromatic heterocycles. The van der Waals surface area contributed by atoms with Gasteiger partial charge in [-0.05, 0) is 13.8 Å². The van der Waals surface area contributed by atoms with E-state index < -0.39 is 6.67 Å². The average molecular weight is 306 g/mol. The van der Waals surface area contributed by atoms with Crippen LogP contribution in [0.3, 0.4) is 0 Å². The monoisotopic (exact) mass is 305 g/mol. The van der Waals surface area contributed by atoms with Crippen LogP contribution in [0, 0.1) is 12.9 Å². The first kappa shape index (κ1) is 16.4. The highest BCUT2D eigenvalue weighted by molar-refractivity contribution is 5.85. The number of nitrogens with one attached hydrogen (secondary N) is 1. The molecule has 0 spiro atoms. The normalized spacial score (nSPS) is 10.4. The van der Waals surface area contributed by atoms with Gasteiger partial charge in [-0.3, -0.25) is 4.68 Å². The highest BCUT2D eigenvalue weighted by Gasteiger charge is 2.13. The largest absolute Gasteiger partial charge is 0.378 e. The van der Waals surface area contributed by atoms with Gasteiger partial charge in [-0.1, -0.05) is 0 Å². The first-order valence-electron chi connectivity index (χ1n) is 6.19. The Hall–Kier alpha value is -1.63. The van der Waals surface area contributed by atoms with Gasteiger partial charge in [0.2, 0.25) is 5.95 Å². The van der Waals surface area contributed by atoms with Crippen LogP contribution in [0.25, 0.3) is 0 Å². The van der Waals surface area contributed by atoms with Crippen LogP contribution in [0.15, 0.2) is 12.4 Å². The molecule has 0 saturated carbocycles. The van der Waals surface area contributed by atoms with Crippen molar-refractivity contribution in [3.63, 3.8) is 0 Å². The Labute approximate surface area is 122 Å². The van der Waals surface area contributed by atoms with Gasteiger partial charge in [-0.25, -0.2) is 9.07 Å². The summed E-state index contributed by atoms with van der Waals surface area (Å²) >= 11 is 0. The van der Waals surface area contributed by atoms with Crippen LogP contribution in [0.1, 0.15) is 18.2 Å². The van der Waals surface area contributed by atoms with Crippen molar-refractivity contribution < 1.29 is 8.78 Å². The van der Waals surface area contributed by atoms with Crippen LogP contribution in [0.5, 0.6) is 0 Å². The molecule has 1 N–H and O–H groups in total. The fourth-order valence-electron chi connectivity index (χ4n) is 1.85. The van der Waals surface area contributed by atoms with Gasteiger partial charge in [-0.2, -0.15) is 14.6 Å². The number of rotatable bonds is 6. The quantitative estimate of drug-likeness (QED) is 0.892. The Morgan fingerprint density at radius 3 is 2.75 bits per heavy atom. The standard InChI is InChI=1S/C12H17F2N5.ClH/c1-3-19-12(14)11(9(2)17-19)7-15-10-6-16-18(8-10)5-4-13;/h6,8,15H,3-5,7H2,1-2H3;1H. The van der Waals surface area contributed by atoms with E-state index in [1.165, 1.54) is 9.36 Å². The summed E-state index contributed by atoms with van der Waals surface area (Å²) < 4.78 is 28.9. The number of halogens is 3. The lowest BCUT2D eigenvalue weighted by Crippen LogP contribution is -2.04. The zero-order chi connectivity index (χ0) is 13.8. The second-order valence-electron chi connectivity index (χ2n) is 4.21. The molecule has 5 nitrogen and oxygen atoms in total. The van der Waals surface area contributed by atoms with E-state index in [4.69, 9.17) is 0 Å². The Morgan fingerprint density at radius 1 is 1.40 bits per heavy atom. The molecule has 0 fully saturated rings. The van der Waals surface area contributed by atoms with Crippen molar-refractivity contribution >= 4 is 18.1 Å². The molecule has 2 heterocycles. The van der Waals surface area contributed by atoms with Crippen LogP contribution in [-0.4, -0.2) is 26.2 Å². The summed E-state index contributed by atoms with van der Waals surface area (Å²) in [6.07, 6.45) is 3.28. The molecule has 2 rings (SSSR count). The van der Waals surface area contributed by atoms with Gasteiger partial charge in [0, 0.05) is 24.8 Å². The number of nitrogens with zero attached hydrogens (tertiary/aromatic N) is 4. The van der Waals surface area contributed by atoms with Crippen LogP contribution in [-0.2, 0) is 19.6 Å². The molecule has 20 heavy (non-hydrogen) atoms. The van der Waals surface area contributed by atoms with E-state index in [9.17, 15) is 8.78 Å². The summed E-state index contributed by atoms with van der Waals surface area (Å²) in [5, 5.41) is 11.2. The van der Waals surface area contributed by atoms with E-state index in [0.29, 0.717) is 24.3 Å². The topological polar surface area (TPSA) is 47.7 Å². The highest BCUT2D eigenvalue weighted by atomic mass is 35.5.